The Labute approximate surface area is 169 Å². The molecule has 0 aliphatic heterocycles. The van der Waals surface area contributed by atoms with Gasteiger partial charge in [0.2, 0.25) is 5.91 Å². The van der Waals surface area contributed by atoms with Crippen LogP contribution >= 0.6 is 0 Å². The summed E-state index contributed by atoms with van der Waals surface area (Å²) in [7, 11) is 0. The highest BCUT2D eigenvalue weighted by Gasteiger charge is 2.33. The first-order valence-corrected chi connectivity index (χ1v) is 8.64. The maximum atomic E-state index is 13.0. The average molecular weight is 415 g/mol. The minimum absolute atomic E-state index is 0.211. The summed E-state index contributed by atoms with van der Waals surface area (Å²) in [5.41, 5.74) is 9.11. The monoisotopic (exact) mass is 415 g/mol. The summed E-state index contributed by atoms with van der Waals surface area (Å²) in [6.45, 7) is 0. The average Bonchev–Trinajstić information content (AvgIpc) is 2.72. The fourth-order valence-corrected chi connectivity index (χ4v) is 2.53. The first-order valence-electron chi connectivity index (χ1n) is 8.64. The highest BCUT2D eigenvalue weighted by atomic mass is 19.4. The van der Waals surface area contributed by atoms with Crippen molar-refractivity contribution in [1.29, 1.82) is 0 Å². The Morgan fingerprint density at radius 2 is 1.33 bits per heavy atom. The molecule has 0 saturated carbocycles. The molecule has 0 aromatic heterocycles. The Kier molecular flexibility index (Phi) is 5.91. The van der Waals surface area contributed by atoms with Gasteiger partial charge in [0.1, 0.15) is 11.5 Å². The van der Waals surface area contributed by atoms with Gasteiger partial charge in [-0.2, -0.15) is 13.2 Å². The first kappa shape index (κ1) is 20.7. The van der Waals surface area contributed by atoms with Gasteiger partial charge >= 0.3 is 6.18 Å². The van der Waals surface area contributed by atoms with E-state index in [0.717, 1.165) is 6.07 Å². The van der Waals surface area contributed by atoms with Crippen LogP contribution in [0.3, 0.4) is 0 Å². The van der Waals surface area contributed by atoms with Crippen LogP contribution < -0.4 is 21.3 Å². The number of carbonyl (C=O) groups excluding carboxylic acids is 2. The zero-order valence-electron chi connectivity index (χ0n) is 15.4. The number of hydrogen-bond acceptors (Lipinski definition) is 4. The number of anilines is 1. The van der Waals surface area contributed by atoms with Crippen molar-refractivity contribution in [3.05, 3.63) is 89.5 Å². The summed E-state index contributed by atoms with van der Waals surface area (Å²) < 4.78 is 44.6. The highest BCUT2D eigenvalue weighted by Crippen LogP contribution is 2.34. The van der Waals surface area contributed by atoms with Gasteiger partial charge in [-0.05, 0) is 60.7 Å². The first-order chi connectivity index (χ1) is 14.2. The number of hydrogen-bond donors (Lipinski definition) is 3. The Morgan fingerprint density at radius 3 is 1.87 bits per heavy atom. The van der Waals surface area contributed by atoms with Crippen molar-refractivity contribution in [2.75, 3.05) is 5.43 Å². The number of amides is 2. The molecule has 0 unspecified atom stereocenters. The molecule has 2 amide bonds. The molecule has 30 heavy (non-hydrogen) atoms. The van der Waals surface area contributed by atoms with Crippen LogP contribution in [0.15, 0.2) is 72.8 Å². The van der Waals surface area contributed by atoms with E-state index >= 15 is 0 Å². The number of nitrogens with two attached hydrogens (primary N) is 1. The minimum atomic E-state index is -4.55. The predicted molar refractivity (Wildman–Crippen MR) is 104 cm³/mol. The number of rotatable bonds is 6. The second-order valence-corrected chi connectivity index (χ2v) is 6.14. The maximum absolute atomic E-state index is 13.0. The number of hydrazine groups is 1. The Morgan fingerprint density at radius 1 is 0.800 bits per heavy atom. The van der Waals surface area contributed by atoms with Gasteiger partial charge in [0.05, 0.1) is 11.3 Å². The number of carbonyl (C=O) groups is 2. The number of ether oxygens (including phenoxy) is 1. The summed E-state index contributed by atoms with van der Waals surface area (Å²) in [5.74, 6) is -0.288. The van der Waals surface area contributed by atoms with Crippen molar-refractivity contribution >= 4 is 17.5 Å². The van der Waals surface area contributed by atoms with Crippen LogP contribution in [0.2, 0.25) is 0 Å². The summed E-state index contributed by atoms with van der Waals surface area (Å²) in [4.78, 5) is 23.3. The normalized spacial score (nSPS) is 10.9. The maximum Gasteiger partial charge on any atom is 0.418 e. The van der Waals surface area contributed by atoms with Crippen molar-refractivity contribution in [3.63, 3.8) is 0 Å². The third kappa shape index (κ3) is 5.07. The molecule has 9 heteroatoms. The Hall–Kier alpha value is -4.01. The SMILES string of the molecule is NC(=O)c1ccc(Oc2ccc(C(=O)NNc3ccccc3C(F)(F)F)cc2)cc1. The second-order valence-electron chi connectivity index (χ2n) is 6.14. The quantitative estimate of drug-likeness (QED) is 0.522. The van der Waals surface area contributed by atoms with Gasteiger partial charge in [-0.1, -0.05) is 12.1 Å². The smallest absolute Gasteiger partial charge is 0.418 e. The van der Waals surface area contributed by atoms with E-state index in [9.17, 15) is 22.8 Å². The zero-order chi connectivity index (χ0) is 21.7. The van der Waals surface area contributed by atoms with Crippen LogP contribution in [0.1, 0.15) is 26.3 Å². The molecule has 4 N–H and O–H groups in total. The molecule has 0 bridgehead atoms. The molecule has 3 rings (SSSR count). The summed E-state index contributed by atoms with van der Waals surface area (Å²) in [5, 5.41) is 0. The van der Waals surface area contributed by atoms with Crippen molar-refractivity contribution in [2.24, 2.45) is 5.73 Å². The Bertz CT molecular complexity index is 1050. The molecule has 0 aliphatic rings. The molecule has 3 aromatic carbocycles. The van der Waals surface area contributed by atoms with E-state index in [1.807, 2.05) is 0 Å². The van der Waals surface area contributed by atoms with E-state index in [4.69, 9.17) is 10.5 Å². The summed E-state index contributed by atoms with van der Waals surface area (Å²) in [6.07, 6.45) is -4.55. The zero-order valence-corrected chi connectivity index (χ0v) is 15.4. The molecule has 3 aromatic rings. The number of nitrogens with one attached hydrogen (secondary N) is 2. The molecule has 0 saturated heterocycles. The predicted octanol–water partition coefficient (Wildman–Crippen LogP) is 4.35. The van der Waals surface area contributed by atoms with E-state index in [-0.39, 0.29) is 11.3 Å². The molecule has 0 heterocycles. The van der Waals surface area contributed by atoms with E-state index in [0.29, 0.717) is 17.1 Å². The van der Waals surface area contributed by atoms with Crippen LogP contribution in [-0.4, -0.2) is 11.8 Å². The minimum Gasteiger partial charge on any atom is -0.457 e. The van der Waals surface area contributed by atoms with Crippen LogP contribution in [0.4, 0.5) is 18.9 Å². The highest BCUT2D eigenvalue weighted by molar-refractivity contribution is 5.95. The molecule has 6 nitrogen and oxygen atoms in total. The molecule has 0 fully saturated rings. The van der Waals surface area contributed by atoms with Crippen molar-refractivity contribution in [3.8, 4) is 11.5 Å². The van der Waals surface area contributed by atoms with Gasteiger partial charge in [0.25, 0.3) is 5.91 Å². The molecular formula is C21H16F3N3O3. The number of para-hydroxylation sites is 1. The molecule has 0 aliphatic carbocycles. The standard InChI is InChI=1S/C21H16F3N3O3/c22-21(23,24)17-3-1-2-4-18(17)26-27-20(29)14-7-11-16(12-8-14)30-15-9-5-13(6-10-15)19(25)28/h1-12,26H,(H2,25,28)(H,27,29). The molecule has 0 atom stereocenters. The van der Waals surface area contributed by atoms with Crippen LogP contribution in [0, 0.1) is 0 Å². The van der Waals surface area contributed by atoms with Crippen molar-refractivity contribution in [2.45, 2.75) is 6.18 Å². The molecular weight excluding hydrogens is 399 g/mol. The number of benzene rings is 3. The number of alkyl halides is 3. The van der Waals surface area contributed by atoms with Crippen molar-refractivity contribution < 1.29 is 27.5 Å². The van der Waals surface area contributed by atoms with Crippen LogP contribution in [0.25, 0.3) is 0 Å². The lowest BCUT2D eigenvalue weighted by Gasteiger charge is -2.15. The second kappa shape index (κ2) is 8.56. The van der Waals surface area contributed by atoms with Crippen LogP contribution in [0.5, 0.6) is 11.5 Å². The van der Waals surface area contributed by atoms with Crippen molar-refractivity contribution in [1.82, 2.24) is 5.43 Å². The largest absolute Gasteiger partial charge is 0.457 e. The fourth-order valence-electron chi connectivity index (χ4n) is 2.53. The van der Waals surface area contributed by atoms with E-state index in [1.165, 1.54) is 54.6 Å². The summed E-state index contributed by atoms with van der Waals surface area (Å²) >= 11 is 0. The van der Waals surface area contributed by atoms with Gasteiger partial charge in [0.15, 0.2) is 0 Å². The van der Waals surface area contributed by atoms with E-state index in [1.54, 1.807) is 12.1 Å². The Balaban J connectivity index is 1.62. The van der Waals surface area contributed by atoms with Gasteiger partial charge < -0.3 is 10.5 Å². The molecule has 154 valence electrons. The fraction of sp³-hybridized carbons (Fsp3) is 0.0476. The number of primary amides is 1. The molecule has 0 radical (unpaired) electrons. The molecule has 0 spiro atoms. The van der Waals surface area contributed by atoms with E-state index in [2.05, 4.69) is 10.9 Å². The third-order valence-electron chi connectivity index (χ3n) is 4.03. The third-order valence-corrected chi connectivity index (χ3v) is 4.03. The van der Waals surface area contributed by atoms with Gasteiger partial charge in [-0.25, -0.2) is 0 Å². The lowest BCUT2D eigenvalue weighted by atomic mass is 10.2. The lowest BCUT2D eigenvalue weighted by molar-refractivity contribution is -0.137. The van der Waals surface area contributed by atoms with Gasteiger partial charge in [-0.3, -0.25) is 20.4 Å². The topological polar surface area (TPSA) is 93.5 Å². The van der Waals surface area contributed by atoms with E-state index < -0.39 is 23.6 Å². The van der Waals surface area contributed by atoms with Gasteiger partial charge in [0, 0.05) is 11.1 Å². The number of halogens is 3. The van der Waals surface area contributed by atoms with Gasteiger partial charge in [-0.15, -0.1) is 0 Å². The summed E-state index contributed by atoms with van der Waals surface area (Å²) in [6, 6.07) is 17.0. The van der Waals surface area contributed by atoms with Crippen LogP contribution in [-0.2, 0) is 6.18 Å². The lowest BCUT2D eigenvalue weighted by Crippen LogP contribution is -2.30.